The average Bonchev–Trinajstić information content (AvgIpc) is 2.62. The van der Waals surface area contributed by atoms with E-state index in [4.69, 9.17) is 4.74 Å². The van der Waals surface area contributed by atoms with E-state index < -0.39 is 6.10 Å². The highest BCUT2D eigenvalue weighted by Crippen LogP contribution is 2.36. The Morgan fingerprint density at radius 2 is 2.00 bits per heavy atom. The summed E-state index contributed by atoms with van der Waals surface area (Å²) in [4.78, 5) is 32.4. The molecule has 1 aromatic heterocycles. The first-order valence-corrected chi connectivity index (χ1v) is 8.44. The number of rotatable bonds is 5. The molecule has 2 aromatic rings. The predicted molar refractivity (Wildman–Crippen MR) is 99.6 cm³/mol. The summed E-state index contributed by atoms with van der Waals surface area (Å²) < 4.78 is 5.74. The summed E-state index contributed by atoms with van der Waals surface area (Å²) in [5.74, 6) is 0.299. The maximum Gasteiger partial charge on any atom is 0.267 e. The lowest BCUT2D eigenvalue weighted by molar-refractivity contribution is -0.125. The summed E-state index contributed by atoms with van der Waals surface area (Å²) in [7, 11) is 3.93. The molecule has 26 heavy (non-hydrogen) atoms. The number of aromatic nitrogens is 1. The Bertz CT molecular complexity index is 808. The molecule has 7 heteroatoms. The molecule has 1 aromatic carbocycles. The van der Waals surface area contributed by atoms with Crippen LogP contribution in [0.2, 0.25) is 0 Å². The zero-order chi connectivity index (χ0) is 18.7. The number of carbonyl (C=O) groups is 2. The molecule has 1 unspecified atom stereocenters. The highest BCUT2D eigenvalue weighted by molar-refractivity contribution is 6.05. The minimum atomic E-state index is -0.559. The van der Waals surface area contributed by atoms with E-state index >= 15 is 0 Å². The molecule has 1 N–H and O–H groups in total. The van der Waals surface area contributed by atoms with Gasteiger partial charge in [-0.2, -0.15) is 0 Å². The number of hydrogen-bond acceptors (Lipinski definition) is 5. The first-order chi connectivity index (χ1) is 12.5. The van der Waals surface area contributed by atoms with Crippen LogP contribution in [0.1, 0.15) is 17.3 Å². The number of nitrogens with zero attached hydrogens (tertiary/aromatic N) is 3. The van der Waals surface area contributed by atoms with E-state index in [1.54, 1.807) is 54.5 Å². The number of ether oxygens (including phenoxy) is 1. The summed E-state index contributed by atoms with van der Waals surface area (Å²) >= 11 is 0. The van der Waals surface area contributed by atoms with Crippen LogP contribution in [-0.4, -0.2) is 55.0 Å². The van der Waals surface area contributed by atoms with Crippen LogP contribution in [0.3, 0.4) is 0 Å². The largest absolute Gasteiger partial charge is 0.479 e. The van der Waals surface area contributed by atoms with Crippen molar-refractivity contribution >= 4 is 23.2 Å². The molecule has 136 valence electrons. The van der Waals surface area contributed by atoms with Crippen molar-refractivity contribution in [3.05, 3.63) is 48.3 Å². The van der Waals surface area contributed by atoms with E-state index in [0.29, 0.717) is 23.5 Å². The Labute approximate surface area is 152 Å². The van der Waals surface area contributed by atoms with Gasteiger partial charge in [0.15, 0.2) is 6.10 Å². The molecule has 2 heterocycles. The Balaban J connectivity index is 1.82. The number of pyridine rings is 1. The number of hydrogen-bond donors (Lipinski definition) is 1. The van der Waals surface area contributed by atoms with Crippen LogP contribution in [0, 0.1) is 0 Å². The lowest BCUT2D eigenvalue weighted by Gasteiger charge is -2.34. The fraction of sp³-hybridized carbons (Fsp3) is 0.316. The van der Waals surface area contributed by atoms with Gasteiger partial charge in [0.25, 0.3) is 11.8 Å². The van der Waals surface area contributed by atoms with Gasteiger partial charge >= 0.3 is 0 Å². The van der Waals surface area contributed by atoms with Gasteiger partial charge in [-0.3, -0.25) is 14.6 Å². The fourth-order valence-electron chi connectivity index (χ4n) is 2.73. The second-order valence-electron chi connectivity index (χ2n) is 6.43. The number of carbonyl (C=O) groups excluding carboxylic acids is 2. The third kappa shape index (κ3) is 3.83. The van der Waals surface area contributed by atoms with Gasteiger partial charge in [0.2, 0.25) is 0 Å². The first kappa shape index (κ1) is 17.9. The van der Waals surface area contributed by atoms with E-state index in [9.17, 15) is 9.59 Å². The molecule has 1 aliphatic rings. The maximum atomic E-state index is 12.5. The maximum absolute atomic E-state index is 12.5. The number of likely N-dealkylation sites (N-methyl/N-ethyl adjacent to an activating group) is 1. The van der Waals surface area contributed by atoms with Crippen molar-refractivity contribution < 1.29 is 14.3 Å². The minimum absolute atomic E-state index is 0.0621. The summed E-state index contributed by atoms with van der Waals surface area (Å²) in [6.45, 7) is 3.06. The first-order valence-electron chi connectivity index (χ1n) is 8.44. The van der Waals surface area contributed by atoms with Crippen LogP contribution in [0.25, 0.3) is 0 Å². The molecule has 0 spiro atoms. The van der Waals surface area contributed by atoms with Crippen LogP contribution in [0.15, 0.2) is 42.7 Å². The van der Waals surface area contributed by atoms with Crippen molar-refractivity contribution in [1.82, 2.24) is 9.88 Å². The Morgan fingerprint density at radius 3 is 2.69 bits per heavy atom. The summed E-state index contributed by atoms with van der Waals surface area (Å²) in [6.07, 6.45) is 2.58. The van der Waals surface area contributed by atoms with Crippen molar-refractivity contribution in [3.8, 4) is 5.75 Å². The Morgan fingerprint density at radius 1 is 1.27 bits per heavy atom. The SMILES string of the molecule is CC1Oc2cc(NC(=O)c3ccncc3)ccc2N(CCN(C)C)C1=O. The van der Waals surface area contributed by atoms with Gasteiger partial charge in [0.05, 0.1) is 5.69 Å². The smallest absolute Gasteiger partial charge is 0.267 e. The van der Waals surface area contributed by atoms with E-state index in [0.717, 1.165) is 12.2 Å². The molecule has 0 radical (unpaired) electrons. The average molecular weight is 354 g/mol. The molecule has 7 nitrogen and oxygen atoms in total. The second-order valence-corrected chi connectivity index (χ2v) is 6.43. The number of benzene rings is 1. The fourth-order valence-corrected chi connectivity index (χ4v) is 2.73. The number of nitrogens with one attached hydrogen (secondary N) is 1. The van der Waals surface area contributed by atoms with E-state index in [1.807, 2.05) is 19.0 Å². The van der Waals surface area contributed by atoms with E-state index in [-0.39, 0.29) is 11.8 Å². The molecule has 0 aliphatic carbocycles. The third-order valence-electron chi connectivity index (χ3n) is 4.14. The molecular weight excluding hydrogens is 332 g/mol. The van der Waals surface area contributed by atoms with Crippen molar-refractivity contribution in [2.24, 2.45) is 0 Å². The van der Waals surface area contributed by atoms with Gasteiger partial charge in [0, 0.05) is 42.8 Å². The van der Waals surface area contributed by atoms with Gasteiger partial charge in [-0.15, -0.1) is 0 Å². The van der Waals surface area contributed by atoms with Crippen molar-refractivity contribution in [2.45, 2.75) is 13.0 Å². The molecule has 1 atom stereocenters. The van der Waals surface area contributed by atoms with Crippen LogP contribution >= 0.6 is 0 Å². The topological polar surface area (TPSA) is 74.8 Å². The zero-order valence-corrected chi connectivity index (χ0v) is 15.1. The molecule has 1 aliphatic heterocycles. The highest BCUT2D eigenvalue weighted by atomic mass is 16.5. The lowest BCUT2D eigenvalue weighted by atomic mass is 10.1. The predicted octanol–water partition coefficient (Wildman–Crippen LogP) is 2.01. The molecule has 0 fully saturated rings. The summed E-state index contributed by atoms with van der Waals surface area (Å²) in [6, 6.07) is 8.62. The zero-order valence-electron chi connectivity index (χ0n) is 15.1. The molecule has 2 amide bonds. The molecule has 0 saturated carbocycles. The summed E-state index contributed by atoms with van der Waals surface area (Å²) in [5, 5.41) is 2.84. The lowest BCUT2D eigenvalue weighted by Crippen LogP contribution is -2.46. The van der Waals surface area contributed by atoms with Gasteiger partial charge in [0.1, 0.15) is 5.75 Å². The van der Waals surface area contributed by atoms with Gasteiger partial charge < -0.3 is 19.9 Å². The number of amides is 2. The van der Waals surface area contributed by atoms with Gasteiger partial charge in [-0.05, 0) is 45.3 Å². The summed E-state index contributed by atoms with van der Waals surface area (Å²) in [5.41, 5.74) is 1.85. The van der Waals surface area contributed by atoms with Gasteiger partial charge in [-0.1, -0.05) is 0 Å². The minimum Gasteiger partial charge on any atom is -0.479 e. The number of anilines is 2. The van der Waals surface area contributed by atoms with Crippen molar-refractivity contribution in [2.75, 3.05) is 37.4 Å². The van der Waals surface area contributed by atoms with Gasteiger partial charge in [-0.25, -0.2) is 0 Å². The van der Waals surface area contributed by atoms with Crippen LogP contribution in [0.5, 0.6) is 5.75 Å². The molecule has 0 bridgehead atoms. The Hall–Kier alpha value is -2.93. The van der Waals surface area contributed by atoms with E-state index in [1.165, 1.54) is 0 Å². The second kappa shape index (κ2) is 7.53. The number of fused-ring (bicyclic) bond motifs is 1. The van der Waals surface area contributed by atoms with Crippen molar-refractivity contribution in [1.29, 1.82) is 0 Å². The normalized spacial score (nSPS) is 16.2. The van der Waals surface area contributed by atoms with Crippen molar-refractivity contribution in [3.63, 3.8) is 0 Å². The monoisotopic (exact) mass is 354 g/mol. The van der Waals surface area contributed by atoms with Crippen LogP contribution in [-0.2, 0) is 4.79 Å². The molecule has 0 saturated heterocycles. The van der Waals surface area contributed by atoms with Crippen LogP contribution < -0.4 is 15.0 Å². The highest BCUT2D eigenvalue weighted by Gasteiger charge is 2.31. The quantitative estimate of drug-likeness (QED) is 0.889. The Kier molecular flexibility index (Phi) is 5.18. The molecule has 3 rings (SSSR count). The standard InChI is InChI=1S/C19H22N4O3/c1-13-19(25)23(11-10-22(2)3)16-5-4-15(12-17(16)26-13)21-18(24)14-6-8-20-9-7-14/h4-9,12-13H,10-11H2,1-3H3,(H,21,24). The van der Waals surface area contributed by atoms with Crippen LogP contribution in [0.4, 0.5) is 11.4 Å². The van der Waals surface area contributed by atoms with E-state index in [2.05, 4.69) is 10.3 Å². The third-order valence-corrected chi connectivity index (χ3v) is 4.14. The molecular formula is C19H22N4O3.